The molecule has 0 saturated carbocycles. The Balaban J connectivity index is 2.25. The van der Waals surface area contributed by atoms with E-state index in [0.29, 0.717) is 26.3 Å². The molecular weight excluding hydrogens is 360 g/mol. The minimum Gasteiger partial charge on any atom is -0.322 e. The maximum absolute atomic E-state index is 12.2. The number of amides is 1. The maximum Gasteiger partial charge on any atom is 0.269 e. The van der Waals surface area contributed by atoms with Gasteiger partial charge in [0.2, 0.25) is 0 Å². The molecule has 2 aromatic rings. The van der Waals surface area contributed by atoms with Gasteiger partial charge in [-0.1, -0.05) is 11.6 Å². The summed E-state index contributed by atoms with van der Waals surface area (Å²) < 4.78 is 0.576. The van der Waals surface area contributed by atoms with E-state index in [9.17, 15) is 14.9 Å². The number of aryl methyl sites for hydroxylation is 1. The highest BCUT2D eigenvalue weighted by Crippen LogP contribution is 2.25. The molecule has 21 heavy (non-hydrogen) atoms. The van der Waals surface area contributed by atoms with E-state index in [1.54, 1.807) is 25.1 Å². The third kappa shape index (κ3) is 3.59. The predicted molar refractivity (Wildman–Crippen MR) is 84.9 cm³/mol. The second-order valence-electron chi connectivity index (χ2n) is 4.33. The molecule has 0 bridgehead atoms. The number of hydrogen-bond acceptors (Lipinski definition) is 3. The van der Waals surface area contributed by atoms with Crippen LogP contribution in [-0.2, 0) is 0 Å². The largest absolute Gasteiger partial charge is 0.322 e. The molecule has 0 radical (unpaired) electrons. The van der Waals surface area contributed by atoms with Gasteiger partial charge in [-0.15, -0.1) is 0 Å². The van der Waals surface area contributed by atoms with Crippen molar-refractivity contribution in [1.29, 1.82) is 0 Å². The van der Waals surface area contributed by atoms with Crippen molar-refractivity contribution in [2.45, 2.75) is 6.92 Å². The van der Waals surface area contributed by atoms with E-state index < -0.39 is 4.92 Å². The third-order valence-corrected chi connectivity index (χ3v) is 3.74. The summed E-state index contributed by atoms with van der Waals surface area (Å²) in [5, 5.41) is 13.9. The van der Waals surface area contributed by atoms with Crippen molar-refractivity contribution in [2.24, 2.45) is 0 Å². The normalized spacial score (nSPS) is 10.2. The first-order valence-electron chi connectivity index (χ1n) is 5.90. The quantitative estimate of drug-likeness (QED) is 0.636. The number of nitro benzene ring substituents is 1. The summed E-state index contributed by atoms with van der Waals surface area (Å²) in [6.07, 6.45) is 0. The zero-order valence-corrected chi connectivity index (χ0v) is 13.2. The number of non-ortho nitro benzene ring substituents is 1. The van der Waals surface area contributed by atoms with E-state index in [4.69, 9.17) is 11.6 Å². The molecule has 0 heterocycles. The SMILES string of the molecule is Cc1cc([N+](=O)[O-])ccc1NC(=O)c1ccc(Cl)cc1Br. The van der Waals surface area contributed by atoms with E-state index >= 15 is 0 Å². The number of nitro groups is 1. The number of carbonyl (C=O) groups is 1. The highest BCUT2D eigenvalue weighted by atomic mass is 79.9. The van der Waals surface area contributed by atoms with Crippen molar-refractivity contribution in [3.63, 3.8) is 0 Å². The van der Waals surface area contributed by atoms with Crippen LogP contribution in [0.2, 0.25) is 5.02 Å². The summed E-state index contributed by atoms with van der Waals surface area (Å²) in [5.74, 6) is -0.324. The van der Waals surface area contributed by atoms with Crippen LogP contribution in [0.25, 0.3) is 0 Å². The Kier molecular flexibility index (Phi) is 4.59. The van der Waals surface area contributed by atoms with Gasteiger partial charge in [-0.05, 0) is 52.7 Å². The molecule has 0 fully saturated rings. The van der Waals surface area contributed by atoms with Crippen molar-refractivity contribution in [3.8, 4) is 0 Å². The van der Waals surface area contributed by atoms with Crippen molar-refractivity contribution >= 4 is 44.8 Å². The average Bonchev–Trinajstić information content (AvgIpc) is 2.40. The van der Waals surface area contributed by atoms with Gasteiger partial charge in [0.15, 0.2) is 0 Å². The number of carbonyl (C=O) groups excluding carboxylic acids is 1. The molecule has 0 saturated heterocycles. The summed E-state index contributed by atoms with van der Waals surface area (Å²) in [6.45, 7) is 1.69. The van der Waals surface area contributed by atoms with Crippen LogP contribution in [0, 0.1) is 17.0 Å². The van der Waals surface area contributed by atoms with E-state index in [1.165, 1.54) is 18.2 Å². The molecular formula is C14H10BrClN2O3. The summed E-state index contributed by atoms with van der Waals surface area (Å²) in [4.78, 5) is 22.4. The molecule has 1 N–H and O–H groups in total. The van der Waals surface area contributed by atoms with Gasteiger partial charge >= 0.3 is 0 Å². The first-order chi connectivity index (χ1) is 9.88. The first-order valence-corrected chi connectivity index (χ1v) is 7.07. The van der Waals surface area contributed by atoms with Gasteiger partial charge in [0.05, 0.1) is 10.5 Å². The predicted octanol–water partition coefficient (Wildman–Crippen LogP) is 4.57. The molecule has 2 aromatic carbocycles. The van der Waals surface area contributed by atoms with Crippen LogP contribution in [0.1, 0.15) is 15.9 Å². The maximum atomic E-state index is 12.2. The molecule has 0 unspecified atom stereocenters. The monoisotopic (exact) mass is 368 g/mol. The molecule has 0 aliphatic carbocycles. The Morgan fingerprint density at radius 2 is 2.00 bits per heavy atom. The van der Waals surface area contributed by atoms with Crippen molar-refractivity contribution in [1.82, 2.24) is 0 Å². The molecule has 0 aliphatic rings. The minimum atomic E-state index is -0.478. The van der Waals surface area contributed by atoms with Crippen molar-refractivity contribution in [2.75, 3.05) is 5.32 Å². The van der Waals surface area contributed by atoms with E-state index in [2.05, 4.69) is 21.2 Å². The summed E-state index contributed by atoms with van der Waals surface area (Å²) in [5.41, 5.74) is 1.55. The minimum absolute atomic E-state index is 0.0156. The third-order valence-electron chi connectivity index (χ3n) is 2.84. The Morgan fingerprint density at radius 1 is 1.29 bits per heavy atom. The molecule has 1 amide bonds. The first kappa shape index (κ1) is 15.5. The van der Waals surface area contributed by atoms with Crippen LogP contribution < -0.4 is 5.32 Å². The Labute approximate surface area is 134 Å². The lowest BCUT2D eigenvalue weighted by molar-refractivity contribution is -0.384. The fourth-order valence-electron chi connectivity index (χ4n) is 1.76. The zero-order chi connectivity index (χ0) is 15.6. The molecule has 108 valence electrons. The smallest absolute Gasteiger partial charge is 0.269 e. The van der Waals surface area contributed by atoms with Crippen molar-refractivity contribution in [3.05, 3.63) is 67.1 Å². The summed E-state index contributed by atoms with van der Waals surface area (Å²) >= 11 is 9.10. The fraction of sp³-hybridized carbons (Fsp3) is 0.0714. The molecule has 0 aromatic heterocycles. The summed E-state index contributed by atoms with van der Waals surface area (Å²) in [7, 11) is 0. The Hall–Kier alpha value is -1.92. The Bertz CT molecular complexity index is 734. The van der Waals surface area contributed by atoms with Gasteiger partial charge in [-0.2, -0.15) is 0 Å². The summed E-state index contributed by atoms with van der Waals surface area (Å²) in [6, 6.07) is 9.10. The van der Waals surface area contributed by atoms with Gasteiger partial charge in [0.25, 0.3) is 11.6 Å². The lowest BCUT2D eigenvalue weighted by Gasteiger charge is -2.09. The number of rotatable bonds is 3. The number of nitrogens with one attached hydrogen (secondary N) is 1. The fourth-order valence-corrected chi connectivity index (χ4v) is 2.63. The van der Waals surface area contributed by atoms with E-state index in [-0.39, 0.29) is 11.6 Å². The van der Waals surface area contributed by atoms with E-state index in [0.717, 1.165) is 0 Å². The van der Waals surface area contributed by atoms with E-state index in [1.807, 2.05) is 0 Å². The second kappa shape index (κ2) is 6.24. The van der Waals surface area contributed by atoms with Crippen molar-refractivity contribution < 1.29 is 9.72 Å². The molecule has 0 aliphatic heterocycles. The number of nitrogens with zero attached hydrogens (tertiary/aromatic N) is 1. The van der Waals surface area contributed by atoms with Crippen LogP contribution in [0.5, 0.6) is 0 Å². The lowest BCUT2D eigenvalue weighted by atomic mass is 10.1. The molecule has 2 rings (SSSR count). The second-order valence-corrected chi connectivity index (χ2v) is 5.63. The van der Waals surface area contributed by atoms with Crippen LogP contribution in [0.15, 0.2) is 40.9 Å². The molecule has 5 nitrogen and oxygen atoms in total. The van der Waals surface area contributed by atoms with Gasteiger partial charge in [0.1, 0.15) is 0 Å². The number of halogens is 2. The van der Waals surface area contributed by atoms with Crippen LogP contribution in [0.4, 0.5) is 11.4 Å². The van der Waals surface area contributed by atoms with Gasteiger partial charge in [0, 0.05) is 27.3 Å². The van der Waals surface area contributed by atoms with Crippen LogP contribution >= 0.6 is 27.5 Å². The number of hydrogen-bond donors (Lipinski definition) is 1. The van der Waals surface area contributed by atoms with Gasteiger partial charge in [-0.3, -0.25) is 14.9 Å². The van der Waals surface area contributed by atoms with Crippen LogP contribution in [-0.4, -0.2) is 10.8 Å². The molecule has 0 atom stereocenters. The average molecular weight is 370 g/mol. The zero-order valence-electron chi connectivity index (χ0n) is 10.9. The lowest BCUT2D eigenvalue weighted by Crippen LogP contribution is -2.13. The Morgan fingerprint density at radius 3 is 2.57 bits per heavy atom. The topological polar surface area (TPSA) is 72.2 Å². The molecule has 0 spiro atoms. The van der Waals surface area contributed by atoms with Gasteiger partial charge in [-0.25, -0.2) is 0 Å². The van der Waals surface area contributed by atoms with Crippen LogP contribution in [0.3, 0.4) is 0 Å². The number of benzene rings is 2. The highest BCUT2D eigenvalue weighted by molar-refractivity contribution is 9.10. The highest BCUT2D eigenvalue weighted by Gasteiger charge is 2.13. The standard InChI is InChI=1S/C14H10BrClN2O3/c1-8-6-10(18(20)21)3-5-13(8)17-14(19)11-4-2-9(16)7-12(11)15/h2-7H,1H3,(H,17,19). The number of anilines is 1. The van der Waals surface area contributed by atoms with Gasteiger partial charge < -0.3 is 5.32 Å². The molecule has 7 heteroatoms.